The van der Waals surface area contributed by atoms with E-state index in [4.69, 9.17) is 4.74 Å². The predicted octanol–water partition coefficient (Wildman–Crippen LogP) is 3.56. The Morgan fingerprint density at radius 3 is 2.52 bits per heavy atom. The van der Waals surface area contributed by atoms with E-state index in [1.54, 1.807) is 0 Å². The predicted molar refractivity (Wildman–Crippen MR) is 86.9 cm³/mol. The quantitative estimate of drug-likeness (QED) is 0.905. The third kappa shape index (κ3) is 3.27. The fraction of sp³-hybridized carbons (Fsp3) is 0.368. The number of rotatable bonds is 5. The van der Waals surface area contributed by atoms with Crippen LogP contribution in [0.15, 0.2) is 54.6 Å². The Balaban J connectivity index is 1.51. The van der Waals surface area contributed by atoms with Crippen LogP contribution in [0.25, 0.3) is 0 Å². The molecule has 1 N–H and O–H groups in total. The molecule has 0 spiro atoms. The number of hydrogen-bond donors (Lipinski definition) is 1. The van der Waals surface area contributed by atoms with Crippen LogP contribution in [0.5, 0.6) is 5.75 Å². The summed E-state index contributed by atoms with van der Waals surface area (Å²) in [6, 6.07) is 19.0. The molecule has 1 aliphatic heterocycles. The van der Waals surface area contributed by atoms with Gasteiger partial charge in [0.25, 0.3) is 0 Å². The highest BCUT2D eigenvalue weighted by Gasteiger charge is 2.24. The molecule has 2 aromatic rings. The van der Waals surface area contributed by atoms with Crippen molar-refractivity contribution in [1.29, 1.82) is 0 Å². The molecule has 1 aliphatic rings. The van der Waals surface area contributed by atoms with E-state index >= 15 is 0 Å². The minimum absolute atomic E-state index is 0.132. The number of nitrogens with one attached hydrogen (secondary N) is 1. The van der Waals surface area contributed by atoms with E-state index in [9.17, 15) is 0 Å². The van der Waals surface area contributed by atoms with Crippen LogP contribution >= 0.6 is 0 Å². The van der Waals surface area contributed by atoms with E-state index in [1.807, 2.05) is 6.07 Å². The highest BCUT2D eigenvalue weighted by molar-refractivity contribution is 5.37. The number of fused-ring (bicyclic) bond motifs is 1. The number of benzene rings is 2. The maximum atomic E-state index is 5.96. The van der Waals surface area contributed by atoms with Crippen molar-refractivity contribution in [3.63, 3.8) is 0 Å². The lowest BCUT2D eigenvalue weighted by Gasteiger charge is -2.26. The van der Waals surface area contributed by atoms with Gasteiger partial charge in [0, 0.05) is 24.9 Å². The lowest BCUT2D eigenvalue weighted by Crippen LogP contribution is -2.38. The van der Waals surface area contributed by atoms with Crippen molar-refractivity contribution in [2.24, 2.45) is 0 Å². The second-order valence-corrected chi connectivity index (χ2v) is 6.43. The molecule has 0 radical (unpaired) electrons. The summed E-state index contributed by atoms with van der Waals surface area (Å²) < 4.78 is 5.96. The molecule has 0 aliphatic carbocycles. The molecular weight excluding hydrogens is 258 g/mol. The van der Waals surface area contributed by atoms with Gasteiger partial charge in [0.05, 0.1) is 0 Å². The van der Waals surface area contributed by atoms with Crippen molar-refractivity contribution in [3.8, 4) is 5.75 Å². The topological polar surface area (TPSA) is 21.3 Å². The molecule has 0 saturated carbocycles. The van der Waals surface area contributed by atoms with Gasteiger partial charge in [0.15, 0.2) is 0 Å². The molecule has 3 rings (SSSR count). The van der Waals surface area contributed by atoms with Crippen molar-refractivity contribution in [3.05, 3.63) is 65.7 Å². The van der Waals surface area contributed by atoms with E-state index in [2.05, 4.69) is 67.7 Å². The molecule has 2 aromatic carbocycles. The summed E-state index contributed by atoms with van der Waals surface area (Å²) in [6.45, 7) is 6.40. The summed E-state index contributed by atoms with van der Waals surface area (Å²) in [5, 5.41) is 3.58. The average Bonchev–Trinajstić information content (AvgIpc) is 2.90. The summed E-state index contributed by atoms with van der Waals surface area (Å²) >= 11 is 0. The Hall–Kier alpha value is -1.80. The van der Waals surface area contributed by atoms with Gasteiger partial charge in [-0.2, -0.15) is 0 Å². The highest BCUT2D eigenvalue weighted by Crippen LogP contribution is 2.28. The van der Waals surface area contributed by atoms with E-state index < -0.39 is 0 Å². The average molecular weight is 281 g/mol. The first-order valence-corrected chi connectivity index (χ1v) is 7.66. The molecule has 0 saturated heterocycles. The summed E-state index contributed by atoms with van der Waals surface area (Å²) in [7, 11) is 0. The molecule has 0 amide bonds. The van der Waals surface area contributed by atoms with E-state index in [0.29, 0.717) is 0 Å². The molecule has 0 bridgehead atoms. The van der Waals surface area contributed by atoms with Crippen LogP contribution in [-0.2, 0) is 11.8 Å². The van der Waals surface area contributed by atoms with Crippen LogP contribution in [0.1, 0.15) is 25.0 Å². The minimum Gasteiger partial charge on any atom is -0.488 e. The second-order valence-electron chi connectivity index (χ2n) is 6.43. The molecule has 2 nitrogen and oxygen atoms in total. The molecule has 1 heterocycles. The van der Waals surface area contributed by atoms with Gasteiger partial charge in [-0.15, -0.1) is 0 Å². The number of hydrogen-bond acceptors (Lipinski definition) is 2. The maximum absolute atomic E-state index is 5.96. The highest BCUT2D eigenvalue weighted by atomic mass is 16.5. The zero-order valence-electron chi connectivity index (χ0n) is 12.8. The summed E-state index contributed by atoms with van der Waals surface area (Å²) in [5.74, 6) is 1.05. The van der Waals surface area contributed by atoms with Gasteiger partial charge in [0.1, 0.15) is 11.9 Å². The first-order chi connectivity index (χ1) is 10.1. The molecule has 21 heavy (non-hydrogen) atoms. The molecular formula is C19H23NO. The van der Waals surface area contributed by atoms with Gasteiger partial charge >= 0.3 is 0 Å². The third-order valence-electron chi connectivity index (χ3n) is 4.21. The van der Waals surface area contributed by atoms with Crippen LogP contribution in [0.3, 0.4) is 0 Å². The Morgan fingerprint density at radius 2 is 1.76 bits per heavy atom. The van der Waals surface area contributed by atoms with Crippen molar-refractivity contribution in [2.75, 3.05) is 13.1 Å². The molecule has 2 heteroatoms. The van der Waals surface area contributed by atoms with Gasteiger partial charge in [-0.3, -0.25) is 0 Å². The monoisotopic (exact) mass is 281 g/mol. The molecule has 0 aromatic heterocycles. The Bertz CT molecular complexity index is 567. The summed E-state index contributed by atoms with van der Waals surface area (Å²) in [4.78, 5) is 0. The van der Waals surface area contributed by atoms with Gasteiger partial charge in [-0.1, -0.05) is 62.4 Å². The van der Waals surface area contributed by atoms with Crippen LogP contribution in [0, 0.1) is 0 Å². The van der Waals surface area contributed by atoms with Gasteiger partial charge in [-0.25, -0.2) is 0 Å². The Morgan fingerprint density at radius 1 is 1.05 bits per heavy atom. The fourth-order valence-corrected chi connectivity index (χ4v) is 2.90. The van der Waals surface area contributed by atoms with Crippen LogP contribution in [-0.4, -0.2) is 19.2 Å². The van der Waals surface area contributed by atoms with E-state index in [-0.39, 0.29) is 11.5 Å². The maximum Gasteiger partial charge on any atom is 0.123 e. The normalized spacial score (nSPS) is 17.3. The smallest absolute Gasteiger partial charge is 0.123 e. The lowest BCUT2D eigenvalue weighted by molar-refractivity contribution is 0.224. The summed E-state index contributed by atoms with van der Waals surface area (Å²) in [6.07, 6.45) is 1.27. The minimum atomic E-state index is 0.132. The first-order valence-electron chi connectivity index (χ1n) is 7.66. The fourth-order valence-electron chi connectivity index (χ4n) is 2.90. The van der Waals surface area contributed by atoms with Gasteiger partial charge < -0.3 is 10.1 Å². The van der Waals surface area contributed by atoms with Crippen molar-refractivity contribution >= 4 is 0 Å². The molecule has 1 atom stereocenters. The third-order valence-corrected chi connectivity index (χ3v) is 4.21. The van der Waals surface area contributed by atoms with E-state index in [0.717, 1.165) is 25.3 Å². The largest absolute Gasteiger partial charge is 0.488 e. The standard InChI is InChI=1S/C19H23NO/c1-19(2,16-9-4-3-5-10-16)14-20-13-17-12-15-8-6-7-11-18(15)21-17/h3-11,17,20H,12-14H2,1-2H3. The molecule has 0 fully saturated rings. The van der Waals surface area contributed by atoms with Crippen LogP contribution in [0.2, 0.25) is 0 Å². The molecule has 110 valence electrons. The van der Waals surface area contributed by atoms with Crippen molar-refractivity contribution in [2.45, 2.75) is 31.8 Å². The van der Waals surface area contributed by atoms with Gasteiger partial charge in [0.2, 0.25) is 0 Å². The Labute approximate surface area is 127 Å². The second kappa shape index (κ2) is 5.90. The van der Waals surface area contributed by atoms with Gasteiger partial charge in [-0.05, 0) is 17.2 Å². The van der Waals surface area contributed by atoms with Crippen LogP contribution in [0.4, 0.5) is 0 Å². The van der Waals surface area contributed by atoms with Crippen molar-refractivity contribution < 1.29 is 4.74 Å². The van der Waals surface area contributed by atoms with Crippen LogP contribution < -0.4 is 10.1 Å². The first kappa shape index (κ1) is 14.2. The summed E-state index contributed by atoms with van der Waals surface area (Å²) in [5.41, 5.74) is 2.83. The van der Waals surface area contributed by atoms with E-state index in [1.165, 1.54) is 11.1 Å². The lowest BCUT2D eigenvalue weighted by atomic mass is 9.84. The number of para-hydroxylation sites is 1. The molecule has 1 unspecified atom stereocenters. The zero-order chi connectivity index (χ0) is 14.7. The number of ether oxygens (including phenoxy) is 1. The van der Waals surface area contributed by atoms with Crippen molar-refractivity contribution in [1.82, 2.24) is 5.32 Å². The zero-order valence-corrected chi connectivity index (χ0v) is 12.8. The SMILES string of the molecule is CC(C)(CNCC1Cc2ccccc2O1)c1ccccc1. The Kier molecular flexibility index (Phi) is 3.98.